The third-order valence-corrected chi connectivity index (χ3v) is 1.43. The van der Waals surface area contributed by atoms with Gasteiger partial charge in [0.2, 0.25) is 0 Å². The minimum atomic E-state index is -2.98. The van der Waals surface area contributed by atoms with Crippen LogP contribution >= 0.6 is 0 Å². The molecule has 0 aromatic rings. The number of ether oxygens (including phenoxy) is 1. The van der Waals surface area contributed by atoms with Gasteiger partial charge in [0, 0.05) is 0 Å². The zero-order valence-electron chi connectivity index (χ0n) is 8.35. The van der Waals surface area contributed by atoms with Gasteiger partial charge in [-0.3, -0.25) is 8.98 Å². The molecule has 0 aliphatic heterocycles. The Hall–Kier alpha value is -0.660. The van der Waals surface area contributed by atoms with Gasteiger partial charge < -0.3 is 10.5 Å². The lowest BCUT2D eigenvalue weighted by Gasteiger charge is -2.21. The van der Waals surface area contributed by atoms with E-state index in [-0.39, 0.29) is 0 Å². The third kappa shape index (κ3) is 6.81. The van der Waals surface area contributed by atoms with Crippen LogP contribution in [0, 0.1) is 0 Å². The van der Waals surface area contributed by atoms with E-state index in [9.17, 15) is 13.2 Å². The molecule has 0 spiro atoms. The van der Waals surface area contributed by atoms with E-state index < -0.39 is 35.2 Å². The Balaban J connectivity index is 4.00. The Kier molecular flexibility index (Phi) is 5.03. The van der Waals surface area contributed by atoms with Crippen molar-refractivity contribution in [2.75, 3.05) is 6.61 Å². The SMILES string of the molecule is CC(C)(C)OC(=O)C(N)CO[SH](=O)=O. The molecule has 1 atom stereocenters. The quantitative estimate of drug-likeness (QED) is 0.480. The maximum Gasteiger partial charge on any atom is 0.325 e. The fraction of sp³-hybridized carbons (Fsp3) is 0.857. The highest BCUT2D eigenvalue weighted by atomic mass is 32.2. The van der Waals surface area contributed by atoms with E-state index in [2.05, 4.69) is 4.18 Å². The van der Waals surface area contributed by atoms with E-state index in [0.29, 0.717) is 0 Å². The van der Waals surface area contributed by atoms with Gasteiger partial charge in [-0.2, -0.15) is 0 Å². The van der Waals surface area contributed by atoms with E-state index in [4.69, 9.17) is 10.5 Å². The lowest BCUT2D eigenvalue weighted by molar-refractivity contribution is -0.157. The topological polar surface area (TPSA) is 95.7 Å². The average molecular weight is 225 g/mol. The van der Waals surface area contributed by atoms with Gasteiger partial charge in [0.25, 0.3) is 11.0 Å². The van der Waals surface area contributed by atoms with Crippen molar-refractivity contribution in [3.8, 4) is 0 Å². The van der Waals surface area contributed by atoms with Gasteiger partial charge in [-0.1, -0.05) is 0 Å². The van der Waals surface area contributed by atoms with Gasteiger partial charge in [-0.05, 0) is 20.8 Å². The Morgan fingerprint density at radius 2 is 1.93 bits per heavy atom. The molecule has 6 nitrogen and oxygen atoms in total. The molecule has 0 fully saturated rings. The monoisotopic (exact) mass is 225 g/mol. The highest BCUT2D eigenvalue weighted by molar-refractivity contribution is 7.67. The fourth-order valence-electron chi connectivity index (χ4n) is 0.587. The molecule has 0 radical (unpaired) electrons. The van der Waals surface area contributed by atoms with Crippen molar-refractivity contribution in [1.29, 1.82) is 0 Å². The smallest absolute Gasteiger partial charge is 0.325 e. The number of rotatable bonds is 4. The molecule has 0 aliphatic carbocycles. The zero-order chi connectivity index (χ0) is 11.4. The van der Waals surface area contributed by atoms with Crippen LogP contribution in [0.5, 0.6) is 0 Å². The molecular weight excluding hydrogens is 210 g/mol. The van der Waals surface area contributed by atoms with Crippen LogP contribution in [-0.4, -0.2) is 32.6 Å². The van der Waals surface area contributed by atoms with Gasteiger partial charge in [0.05, 0.1) is 6.61 Å². The molecule has 0 saturated carbocycles. The second-order valence-corrected chi connectivity index (χ2v) is 4.36. The summed E-state index contributed by atoms with van der Waals surface area (Å²) in [7, 11) is -2.98. The summed E-state index contributed by atoms with van der Waals surface area (Å²) in [6.07, 6.45) is 0. The van der Waals surface area contributed by atoms with Gasteiger partial charge in [0.15, 0.2) is 0 Å². The molecule has 1 unspecified atom stereocenters. The summed E-state index contributed by atoms with van der Waals surface area (Å²) in [6.45, 7) is 4.67. The Morgan fingerprint density at radius 1 is 1.43 bits per heavy atom. The molecule has 84 valence electrons. The molecule has 0 aromatic heterocycles. The number of esters is 1. The first kappa shape index (κ1) is 13.3. The summed E-state index contributed by atoms with van der Waals surface area (Å²) in [5.74, 6) is -0.686. The zero-order valence-corrected chi connectivity index (χ0v) is 9.24. The predicted molar refractivity (Wildman–Crippen MR) is 50.1 cm³/mol. The van der Waals surface area contributed by atoms with Crippen LogP contribution in [0.15, 0.2) is 0 Å². The maximum absolute atomic E-state index is 11.1. The molecule has 2 N–H and O–H groups in total. The maximum atomic E-state index is 11.1. The molecule has 14 heavy (non-hydrogen) atoms. The van der Waals surface area contributed by atoms with Gasteiger partial charge in [-0.15, -0.1) is 0 Å². The molecule has 0 bridgehead atoms. The number of hydrogen-bond donors (Lipinski definition) is 2. The minimum Gasteiger partial charge on any atom is -0.459 e. The van der Waals surface area contributed by atoms with Crippen LogP contribution in [0.3, 0.4) is 0 Å². The molecule has 0 aliphatic rings. The van der Waals surface area contributed by atoms with Crippen LogP contribution in [0.2, 0.25) is 0 Å². The molecule has 7 heteroatoms. The lowest BCUT2D eigenvalue weighted by atomic mass is 10.2. The van der Waals surface area contributed by atoms with Crippen molar-refractivity contribution in [2.24, 2.45) is 5.73 Å². The van der Waals surface area contributed by atoms with Crippen LogP contribution in [0.4, 0.5) is 0 Å². The summed E-state index contributed by atoms with van der Waals surface area (Å²) >= 11 is 0. The van der Waals surface area contributed by atoms with Gasteiger partial charge in [0.1, 0.15) is 11.6 Å². The number of hydrogen-bond acceptors (Lipinski definition) is 6. The highest BCUT2D eigenvalue weighted by Gasteiger charge is 2.22. The number of thiol groups is 1. The minimum absolute atomic E-state index is 0.395. The van der Waals surface area contributed by atoms with Crippen molar-refractivity contribution >= 4 is 17.0 Å². The predicted octanol–water partition coefficient (Wildman–Crippen LogP) is -0.802. The molecule has 0 amide bonds. The largest absolute Gasteiger partial charge is 0.459 e. The van der Waals surface area contributed by atoms with Crippen molar-refractivity contribution < 1.29 is 22.1 Å². The van der Waals surface area contributed by atoms with Crippen LogP contribution in [0.25, 0.3) is 0 Å². The third-order valence-electron chi connectivity index (χ3n) is 1.07. The Morgan fingerprint density at radius 3 is 2.29 bits per heavy atom. The first-order valence-corrected chi connectivity index (χ1v) is 5.07. The molecule has 0 aromatic carbocycles. The summed E-state index contributed by atoms with van der Waals surface area (Å²) in [5, 5.41) is 0. The summed E-state index contributed by atoms with van der Waals surface area (Å²) in [4.78, 5) is 11.1. The molecular formula is C7H15NO5S. The van der Waals surface area contributed by atoms with Crippen molar-refractivity contribution in [3.05, 3.63) is 0 Å². The van der Waals surface area contributed by atoms with Crippen molar-refractivity contribution in [2.45, 2.75) is 32.4 Å². The molecule has 0 saturated heterocycles. The second kappa shape index (κ2) is 5.28. The van der Waals surface area contributed by atoms with E-state index in [0.717, 1.165) is 0 Å². The number of carbonyl (C=O) groups excluding carboxylic acids is 1. The number of carbonyl (C=O) groups is 1. The average Bonchev–Trinajstić information content (AvgIpc) is 1.96. The van der Waals surface area contributed by atoms with Gasteiger partial charge >= 0.3 is 5.97 Å². The van der Waals surface area contributed by atoms with Crippen LogP contribution < -0.4 is 5.73 Å². The van der Waals surface area contributed by atoms with Crippen LogP contribution in [0.1, 0.15) is 20.8 Å². The van der Waals surface area contributed by atoms with Crippen LogP contribution in [-0.2, 0) is 24.7 Å². The standard InChI is InChI=1S/C7H15NO5S/c1-7(2,3)13-6(9)5(8)4-12-14(10)11/h5,14H,4,8H2,1-3H3. The first-order valence-electron chi connectivity index (χ1n) is 3.98. The lowest BCUT2D eigenvalue weighted by Crippen LogP contribution is -2.40. The second-order valence-electron chi connectivity index (χ2n) is 3.66. The normalized spacial score (nSPS) is 14.1. The van der Waals surface area contributed by atoms with E-state index in [1.54, 1.807) is 20.8 Å². The number of nitrogens with two attached hydrogens (primary N) is 1. The first-order chi connectivity index (χ1) is 6.22. The van der Waals surface area contributed by atoms with Gasteiger partial charge in [-0.25, -0.2) is 8.42 Å². The summed E-state index contributed by atoms with van der Waals surface area (Å²) in [6, 6.07) is -1.08. The van der Waals surface area contributed by atoms with Crippen molar-refractivity contribution in [1.82, 2.24) is 0 Å². The summed E-state index contributed by atoms with van der Waals surface area (Å²) in [5.41, 5.74) is 4.66. The van der Waals surface area contributed by atoms with E-state index >= 15 is 0 Å². The van der Waals surface area contributed by atoms with E-state index in [1.807, 2.05) is 0 Å². The summed E-state index contributed by atoms with van der Waals surface area (Å²) < 4.78 is 29.1. The highest BCUT2D eigenvalue weighted by Crippen LogP contribution is 2.07. The van der Waals surface area contributed by atoms with E-state index in [1.165, 1.54) is 0 Å². The molecule has 0 rings (SSSR count). The molecule has 0 heterocycles. The fourth-order valence-corrected chi connectivity index (χ4v) is 0.869. The van der Waals surface area contributed by atoms with Crippen molar-refractivity contribution in [3.63, 3.8) is 0 Å². The Labute approximate surface area is 84.5 Å². The Bertz CT molecular complexity index is 260.